The SMILES string of the molecule is O=C(CCOc1cccc(Cl)c1)N(Cc1ccccc1Cl)CC1CCCN1. The lowest BCUT2D eigenvalue weighted by atomic mass is 10.1. The van der Waals surface area contributed by atoms with Crippen molar-refractivity contribution in [2.75, 3.05) is 19.7 Å². The quantitative estimate of drug-likeness (QED) is 0.699. The van der Waals surface area contributed by atoms with E-state index in [0.717, 1.165) is 24.9 Å². The Hall–Kier alpha value is -1.75. The van der Waals surface area contributed by atoms with Crippen molar-refractivity contribution in [1.82, 2.24) is 10.2 Å². The molecule has 0 saturated carbocycles. The Labute approximate surface area is 170 Å². The van der Waals surface area contributed by atoms with E-state index in [9.17, 15) is 4.79 Å². The van der Waals surface area contributed by atoms with E-state index in [-0.39, 0.29) is 5.91 Å². The van der Waals surface area contributed by atoms with Gasteiger partial charge in [0.15, 0.2) is 0 Å². The molecule has 3 rings (SSSR count). The van der Waals surface area contributed by atoms with Crippen molar-refractivity contribution in [2.24, 2.45) is 0 Å². The molecule has 1 aliphatic heterocycles. The maximum absolute atomic E-state index is 12.9. The van der Waals surface area contributed by atoms with Gasteiger partial charge < -0.3 is 15.0 Å². The van der Waals surface area contributed by atoms with Gasteiger partial charge >= 0.3 is 0 Å². The number of carbonyl (C=O) groups is 1. The van der Waals surface area contributed by atoms with E-state index >= 15 is 0 Å². The molecule has 4 nitrogen and oxygen atoms in total. The highest BCUT2D eigenvalue weighted by Gasteiger charge is 2.22. The van der Waals surface area contributed by atoms with Crippen molar-refractivity contribution in [3.05, 3.63) is 64.1 Å². The second kappa shape index (κ2) is 9.98. The summed E-state index contributed by atoms with van der Waals surface area (Å²) < 4.78 is 5.68. The van der Waals surface area contributed by atoms with Gasteiger partial charge in [0.25, 0.3) is 0 Å². The lowest BCUT2D eigenvalue weighted by Crippen LogP contribution is -2.41. The third-order valence-electron chi connectivity index (χ3n) is 4.66. The molecular formula is C21H24Cl2N2O2. The smallest absolute Gasteiger partial charge is 0.226 e. The van der Waals surface area contributed by atoms with Gasteiger partial charge in [-0.15, -0.1) is 0 Å². The Bertz CT molecular complexity index is 763. The van der Waals surface area contributed by atoms with Crippen LogP contribution in [0.4, 0.5) is 0 Å². The minimum Gasteiger partial charge on any atom is -0.493 e. The number of amides is 1. The van der Waals surface area contributed by atoms with E-state index in [1.54, 1.807) is 12.1 Å². The second-order valence-electron chi connectivity index (χ2n) is 6.71. The van der Waals surface area contributed by atoms with Crippen LogP contribution >= 0.6 is 23.2 Å². The molecule has 0 spiro atoms. The summed E-state index contributed by atoms with van der Waals surface area (Å²) in [5.41, 5.74) is 0.960. The highest BCUT2D eigenvalue weighted by Crippen LogP contribution is 2.20. The summed E-state index contributed by atoms with van der Waals surface area (Å²) in [7, 11) is 0. The zero-order valence-corrected chi connectivity index (χ0v) is 16.7. The Morgan fingerprint density at radius 3 is 2.78 bits per heavy atom. The predicted octanol–water partition coefficient (Wildman–Crippen LogP) is 4.54. The van der Waals surface area contributed by atoms with Crippen LogP contribution in [0.2, 0.25) is 10.0 Å². The molecule has 1 atom stereocenters. The molecule has 2 aromatic carbocycles. The van der Waals surface area contributed by atoms with Crippen LogP contribution in [0.15, 0.2) is 48.5 Å². The van der Waals surface area contributed by atoms with Crippen LogP contribution in [0, 0.1) is 0 Å². The zero-order valence-electron chi connectivity index (χ0n) is 15.2. The average Bonchev–Trinajstić information content (AvgIpc) is 3.16. The Kier molecular flexibility index (Phi) is 7.39. The number of hydrogen-bond donors (Lipinski definition) is 1. The van der Waals surface area contributed by atoms with E-state index in [4.69, 9.17) is 27.9 Å². The molecule has 1 N–H and O–H groups in total. The van der Waals surface area contributed by atoms with E-state index < -0.39 is 0 Å². The molecule has 1 saturated heterocycles. The molecule has 1 fully saturated rings. The first kappa shape index (κ1) is 20.0. The van der Waals surface area contributed by atoms with Gasteiger partial charge in [-0.05, 0) is 49.2 Å². The van der Waals surface area contributed by atoms with Crippen LogP contribution in [-0.2, 0) is 11.3 Å². The maximum atomic E-state index is 12.9. The maximum Gasteiger partial charge on any atom is 0.226 e. The first-order valence-electron chi connectivity index (χ1n) is 9.25. The molecule has 0 radical (unpaired) electrons. The van der Waals surface area contributed by atoms with Crippen LogP contribution in [0.1, 0.15) is 24.8 Å². The third-order valence-corrected chi connectivity index (χ3v) is 5.26. The molecule has 1 heterocycles. The molecule has 27 heavy (non-hydrogen) atoms. The standard InChI is InChI=1S/C21H24Cl2N2O2/c22-17-6-3-8-19(13-17)27-12-10-21(26)25(15-18-7-4-11-24-18)14-16-5-1-2-9-20(16)23/h1-3,5-6,8-9,13,18,24H,4,7,10-12,14-15H2. The van der Waals surface area contributed by atoms with E-state index in [2.05, 4.69) is 5.32 Å². The summed E-state index contributed by atoms with van der Waals surface area (Å²) in [5.74, 6) is 0.732. The topological polar surface area (TPSA) is 41.6 Å². The Morgan fingerprint density at radius 2 is 2.04 bits per heavy atom. The largest absolute Gasteiger partial charge is 0.493 e. The average molecular weight is 407 g/mol. The first-order valence-corrected chi connectivity index (χ1v) is 10.0. The van der Waals surface area contributed by atoms with Gasteiger partial charge in [0.1, 0.15) is 5.75 Å². The number of ether oxygens (including phenoxy) is 1. The molecule has 144 valence electrons. The molecule has 0 aliphatic carbocycles. The number of nitrogens with one attached hydrogen (secondary N) is 1. The van der Waals surface area contributed by atoms with Gasteiger partial charge in [-0.3, -0.25) is 4.79 Å². The third kappa shape index (κ3) is 6.13. The lowest BCUT2D eigenvalue weighted by Gasteiger charge is -2.26. The normalized spacial score (nSPS) is 16.3. The van der Waals surface area contributed by atoms with Crippen LogP contribution in [0.5, 0.6) is 5.75 Å². The number of rotatable bonds is 8. The van der Waals surface area contributed by atoms with Crippen LogP contribution < -0.4 is 10.1 Å². The summed E-state index contributed by atoms with van der Waals surface area (Å²) in [6.07, 6.45) is 2.55. The summed E-state index contributed by atoms with van der Waals surface area (Å²) >= 11 is 12.3. The molecule has 6 heteroatoms. The molecule has 0 bridgehead atoms. The highest BCUT2D eigenvalue weighted by atomic mass is 35.5. The fourth-order valence-electron chi connectivity index (χ4n) is 3.24. The van der Waals surface area contributed by atoms with Crippen molar-refractivity contribution in [3.63, 3.8) is 0 Å². The summed E-state index contributed by atoms with van der Waals surface area (Å²) in [6.45, 7) is 2.52. The van der Waals surface area contributed by atoms with Gasteiger partial charge in [-0.25, -0.2) is 0 Å². The molecule has 0 aromatic heterocycles. The van der Waals surface area contributed by atoms with Gasteiger partial charge in [0.05, 0.1) is 13.0 Å². The van der Waals surface area contributed by atoms with E-state index in [1.807, 2.05) is 41.3 Å². The van der Waals surface area contributed by atoms with Crippen LogP contribution in [0.25, 0.3) is 0 Å². The monoisotopic (exact) mass is 406 g/mol. The number of carbonyl (C=O) groups excluding carboxylic acids is 1. The highest BCUT2D eigenvalue weighted by molar-refractivity contribution is 6.31. The number of hydrogen-bond acceptors (Lipinski definition) is 3. The molecule has 2 aromatic rings. The number of benzene rings is 2. The van der Waals surface area contributed by atoms with E-state index in [1.165, 1.54) is 0 Å². The lowest BCUT2D eigenvalue weighted by molar-refractivity contribution is -0.132. The van der Waals surface area contributed by atoms with Gasteiger partial charge in [0.2, 0.25) is 5.91 Å². The van der Waals surface area contributed by atoms with Gasteiger partial charge in [-0.1, -0.05) is 47.5 Å². The molecule has 1 aliphatic rings. The number of nitrogens with zero attached hydrogens (tertiary/aromatic N) is 1. The van der Waals surface area contributed by atoms with Crippen molar-refractivity contribution in [1.29, 1.82) is 0 Å². The zero-order chi connectivity index (χ0) is 19.1. The van der Waals surface area contributed by atoms with Crippen LogP contribution in [-0.4, -0.2) is 36.5 Å². The minimum atomic E-state index is 0.0608. The predicted molar refractivity (Wildman–Crippen MR) is 109 cm³/mol. The van der Waals surface area contributed by atoms with Gasteiger partial charge in [0, 0.05) is 29.2 Å². The second-order valence-corrected chi connectivity index (χ2v) is 7.56. The fourth-order valence-corrected chi connectivity index (χ4v) is 3.61. The summed E-state index contributed by atoms with van der Waals surface area (Å²) in [6, 6.07) is 15.2. The van der Waals surface area contributed by atoms with Gasteiger partial charge in [-0.2, -0.15) is 0 Å². The van der Waals surface area contributed by atoms with Crippen molar-refractivity contribution < 1.29 is 9.53 Å². The molecular weight excluding hydrogens is 383 g/mol. The van der Waals surface area contributed by atoms with Crippen LogP contribution in [0.3, 0.4) is 0 Å². The molecule has 1 unspecified atom stereocenters. The van der Waals surface area contributed by atoms with E-state index in [0.29, 0.717) is 48.0 Å². The number of halogens is 2. The summed E-state index contributed by atoms with van der Waals surface area (Å²) in [4.78, 5) is 14.7. The van der Waals surface area contributed by atoms with Crippen molar-refractivity contribution in [3.8, 4) is 5.75 Å². The first-order chi connectivity index (χ1) is 13.1. The van der Waals surface area contributed by atoms with Crippen molar-refractivity contribution in [2.45, 2.75) is 31.8 Å². The molecule has 1 amide bonds. The van der Waals surface area contributed by atoms with Crippen molar-refractivity contribution >= 4 is 29.1 Å². The Balaban J connectivity index is 1.60. The minimum absolute atomic E-state index is 0.0608. The fraction of sp³-hybridized carbons (Fsp3) is 0.381. The summed E-state index contributed by atoms with van der Waals surface area (Å²) in [5, 5.41) is 4.76. The Morgan fingerprint density at radius 1 is 1.19 bits per heavy atom.